The molecule has 6 atom stereocenters. The first-order valence-electron chi connectivity index (χ1n) is 40.7. The number of phosphoric acid groups is 2. The maximum absolute atomic E-state index is 13.1. The van der Waals surface area contributed by atoms with Gasteiger partial charge in [0.1, 0.15) is 19.3 Å². The van der Waals surface area contributed by atoms with Crippen molar-refractivity contribution in [3.05, 3.63) is 0 Å². The van der Waals surface area contributed by atoms with Gasteiger partial charge in [-0.15, -0.1) is 0 Å². The Morgan fingerprint density at radius 3 is 0.732 bits per heavy atom. The lowest BCUT2D eigenvalue weighted by Crippen LogP contribution is -2.30. The van der Waals surface area contributed by atoms with E-state index in [1.807, 2.05) is 0 Å². The van der Waals surface area contributed by atoms with Crippen molar-refractivity contribution in [2.45, 2.75) is 432 Å². The van der Waals surface area contributed by atoms with Crippen molar-refractivity contribution in [1.29, 1.82) is 0 Å². The number of hydrogen-bond acceptors (Lipinski definition) is 15. The number of phosphoric ester groups is 2. The summed E-state index contributed by atoms with van der Waals surface area (Å²) in [4.78, 5) is 72.7. The van der Waals surface area contributed by atoms with Gasteiger partial charge in [-0.25, -0.2) is 9.13 Å². The van der Waals surface area contributed by atoms with Crippen molar-refractivity contribution >= 4 is 39.5 Å². The second-order valence-electron chi connectivity index (χ2n) is 28.3. The number of carbonyl (C=O) groups excluding carboxylic acids is 4. The molecule has 0 spiro atoms. The van der Waals surface area contributed by atoms with E-state index in [2.05, 4.69) is 34.6 Å². The van der Waals surface area contributed by atoms with Gasteiger partial charge >= 0.3 is 39.5 Å². The number of hydrogen-bond donors (Lipinski definition) is 3. The number of ether oxygens (including phenoxy) is 4. The molecule has 19 heteroatoms. The molecule has 0 radical (unpaired) electrons. The van der Waals surface area contributed by atoms with Gasteiger partial charge in [-0.05, 0) is 31.6 Å². The Balaban J connectivity index is 5.16. The van der Waals surface area contributed by atoms with Gasteiger partial charge in [-0.2, -0.15) is 0 Å². The highest BCUT2D eigenvalue weighted by molar-refractivity contribution is 7.47. The molecular weight excluding hydrogens is 1270 g/mol. The summed E-state index contributed by atoms with van der Waals surface area (Å²) in [5, 5.41) is 10.6. The van der Waals surface area contributed by atoms with Crippen LogP contribution in [0.3, 0.4) is 0 Å². The molecule has 576 valence electrons. The Kier molecular flexibility index (Phi) is 69.6. The van der Waals surface area contributed by atoms with Crippen LogP contribution in [0.4, 0.5) is 0 Å². The van der Waals surface area contributed by atoms with E-state index >= 15 is 0 Å². The van der Waals surface area contributed by atoms with E-state index in [-0.39, 0.29) is 25.7 Å². The van der Waals surface area contributed by atoms with Gasteiger partial charge in [0, 0.05) is 25.7 Å². The fourth-order valence-electron chi connectivity index (χ4n) is 12.0. The van der Waals surface area contributed by atoms with Gasteiger partial charge in [0.15, 0.2) is 12.2 Å². The van der Waals surface area contributed by atoms with Crippen molar-refractivity contribution < 1.29 is 80.2 Å². The predicted molar refractivity (Wildman–Crippen MR) is 395 cm³/mol. The summed E-state index contributed by atoms with van der Waals surface area (Å²) >= 11 is 0. The molecule has 0 saturated heterocycles. The van der Waals surface area contributed by atoms with Gasteiger partial charge in [0.05, 0.1) is 26.4 Å². The van der Waals surface area contributed by atoms with E-state index in [1.165, 1.54) is 238 Å². The molecule has 0 saturated carbocycles. The zero-order chi connectivity index (χ0) is 71.2. The van der Waals surface area contributed by atoms with Crippen LogP contribution in [0.5, 0.6) is 0 Å². The highest BCUT2D eigenvalue weighted by Gasteiger charge is 2.30. The fourth-order valence-corrected chi connectivity index (χ4v) is 13.6. The molecule has 0 aliphatic heterocycles. The van der Waals surface area contributed by atoms with E-state index in [0.717, 1.165) is 95.8 Å². The third-order valence-electron chi connectivity index (χ3n) is 18.6. The van der Waals surface area contributed by atoms with Crippen molar-refractivity contribution in [3.8, 4) is 0 Å². The first-order valence-corrected chi connectivity index (χ1v) is 43.7. The van der Waals surface area contributed by atoms with E-state index in [1.54, 1.807) is 0 Å². The third kappa shape index (κ3) is 70.9. The number of aliphatic hydroxyl groups excluding tert-OH is 1. The molecule has 0 aliphatic carbocycles. The minimum absolute atomic E-state index is 0.106. The summed E-state index contributed by atoms with van der Waals surface area (Å²) in [7, 11) is -9.91. The molecule has 3 N–H and O–H groups in total. The van der Waals surface area contributed by atoms with E-state index in [0.29, 0.717) is 25.7 Å². The summed E-state index contributed by atoms with van der Waals surface area (Å²) in [6.45, 7) is 7.34. The molecule has 0 aromatic rings. The summed E-state index contributed by atoms with van der Waals surface area (Å²) in [5.74, 6) is -1.24. The largest absolute Gasteiger partial charge is 0.472 e. The standard InChI is InChI=1S/C78H152O17P2/c1-6-10-13-16-19-22-23-24-25-28-32-35-38-43-47-52-57-62-76(81)89-68-74(95-78(83)64-59-54-49-44-39-36-33-30-27-26-29-31-34-37-42-45-50-55-60-71(5)9-4)70-93-97(86,87)91-66-72(79)65-90-96(84,85)92-69-73(94-77(82)63-58-53-48-41-21-18-15-12-8-3)67-88-75(80)61-56-51-46-40-20-17-14-11-7-2/h71-74,79H,6-70H2,1-5H3,(H,84,85)(H,86,87)/t71?,72-,73+,74+/m0/s1. The molecule has 0 aromatic carbocycles. The molecule has 0 rings (SSSR count). The number of aliphatic hydroxyl groups is 1. The lowest BCUT2D eigenvalue weighted by atomic mass is 9.99. The average Bonchev–Trinajstić information content (AvgIpc) is 1.24. The molecule has 3 unspecified atom stereocenters. The zero-order valence-electron chi connectivity index (χ0n) is 63.2. The summed E-state index contributed by atoms with van der Waals surface area (Å²) < 4.78 is 68.5. The monoisotopic (exact) mass is 1420 g/mol. The smallest absolute Gasteiger partial charge is 0.462 e. The molecule has 0 bridgehead atoms. The van der Waals surface area contributed by atoms with Crippen LogP contribution in [0.1, 0.15) is 413 Å². The van der Waals surface area contributed by atoms with Crippen LogP contribution in [0.25, 0.3) is 0 Å². The second kappa shape index (κ2) is 71.1. The molecular formula is C78H152O17P2. The molecule has 0 aliphatic rings. The Morgan fingerprint density at radius 1 is 0.289 bits per heavy atom. The Bertz CT molecular complexity index is 1860. The van der Waals surface area contributed by atoms with E-state index in [4.69, 9.17) is 37.0 Å². The molecule has 97 heavy (non-hydrogen) atoms. The Morgan fingerprint density at radius 2 is 0.495 bits per heavy atom. The van der Waals surface area contributed by atoms with E-state index < -0.39 is 97.5 Å². The summed E-state index contributed by atoms with van der Waals surface area (Å²) in [6, 6.07) is 0. The maximum atomic E-state index is 13.1. The minimum atomic E-state index is -4.96. The van der Waals surface area contributed by atoms with Gasteiger partial charge in [0.2, 0.25) is 0 Å². The van der Waals surface area contributed by atoms with Crippen LogP contribution in [0.15, 0.2) is 0 Å². The predicted octanol–water partition coefficient (Wildman–Crippen LogP) is 23.3. The minimum Gasteiger partial charge on any atom is -0.462 e. The van der Waals surface area contributed by atoms with Crippen LogP contribution in [-0.4, -0.2) is 96.7 Å². The lowest BCUT2D eigenvalue weighted by molar-refractivity contribution is -0.161. The Labute approximate surface area is 594 Å². The molecule has 17 nitrogen and oxygen atoms in total. The van der Waals surface area contributed by atoms with Gasteiger partial charge in [-0.3, -0.25) is 37.3 Å². The van der Waals surface area contributed by atoms with Gasteiger partial charge in [-0.1, -0.05) is 362 Å². The SMILES string of the molecule is CCCCCCCCCCCCCCCCCCCC(=O)OC[C@H](COP(=O)(O)OC[C@@H](O)COP(=O)(O)OC[C@@H](COC(=O)CCCCCCCCCCC)OC(=O)CCCCCCCCCCC)OC(=O)CCCCCCCCCCCCCCCCCCCCC(C)CC. The Hall–Kier alpha value is -1.94. The highest BCUT2D eigenvalue weighted by atomic mass is 31.2. The van der Waals surface area contributed by atoms with Gasteiger partial charge < -0.3 is 33.8 Å². The topological polar surface area (TPSA) is 237 Å². The van der Waals surface area contributed by atoms with Crippen LogP contribution in [-0.2, 0) is 65.4 Å². The second-order valence-corrected chi connectivity index (χ2v) is 31.3. The summed E-state index contributed by atoms with van der Waals surface area (Å²) in [6.07, 6.45) is 61.1. The summed E-state index contributed by atoms with van der Waals surface area (Å²) in [5.41, 5.74) is 0. The van der Waals surface area contributed by atoms with Crippen LogP contribution < -0.4 is 0 Å². The van der Waals surface area contributed by atoms with Crippen molar-refractivity contribution in [3.63, 3.8) is 0 Å². The van der Waals surface area contributed by atoms with Crippen LogP contribution >= 0.6 is 15.6 Å². The van der Waals surface area contributed by atoms with Crippen molar-refractivity contribution in [2.24, 2.45) is 5.92 Å². The first kappa shape index (κ1) is 95.1. The number of rotatable bonds is 78. The third-order valence-corrected chi connectivity index (χ3v) is 20.5. The van der Waals surface area contributed by atoms with Crippen LogP contribution in [0, 0.1) is 5.92 Å². The number of esters is 4. The molecule has 0 amide bonds. The normalized spacial score (nSPS) is 14.2. The number of carbonyl (C=O) groups is 4. The fraction of sp³-hybridized carbons (Fsp3) is 0.949. The first-order chi connectivity index (χ1) is 47.1. The maximum Gasteiger partial charge on any atom is 0.472 e. The van der Waals surface area contributed by atoms with Crippen molar-refractivity contribution in [1.82, 2.24) is 0 Å². The molecule has 0 aromatic heterocycles. The van der Waals surface area contributed by atoms with Gasteiger partial charge in [0.25, 0.3) is 0 Å². The number of unbranched alkanes of at least 4 members (excludes halogenated alkanes) is 49. The van der Waals surface area contributed by atoms with Crippen molar-refractivity contribution in [2.75, 3.05) is 39.6 Å². The quantitative estimate of drug-likeness (QED) is 0.0222. The molecule has 0 heterocycles. The average molecular weight is 1420 g/mol. The van der Waals surface area contributed by atoms with Crippen LogP contribution in [0.2, 0.25) is 0 Å². The highest BCUT2D eigenvalue weighted by Crippen LogP contribution is 2.45. The van der Waals surface area contributed by atoms with E-state index in [9.17, 15) is 43.2 Å². The molecule has 0 fully saturated rings. The lowest BCUT2D eigenvalue weighted by Gasteiger charge is -2.21. The zero-order valence-corrected chi connectivity index (χ0v) is 65.0.